The SMILES string of the molecule is CC(=O)Nc1cccc(NC(=O)C2CCN(S(=O)(=O)Cc3ccc(Br)cc3)CC2)c1. The third kappa shape index (κ3) is 6.13. The van der Waals surface area contributed by atoms with Crippen LogP contribution < -0.4 is 10.6 Å². The Morgan fingerprint density at radius 3 is 2.23 bits per heavy atom. The molecule has 9 heteroatoms. The number of halogens is 1. The van der Waals surface area contributed by atoms with Crippen molar-refractivity contribution in [3.8, 4) is 0 Å². The Hall–Kier alpha value is -2.23. The van der Waals surface area contributed by atoms with Gasteiger partial charge in [-0.05, 0) is 48.7 Å². The molecule has 0 spiro atoms. The fourth-order valence-corrected chi connectivity index (χ4v) is 5.23. The maximum absolute atomic E-state index is 12.7. The van der Waals surface area contributed by atoms with Crippen molar-refractivity contribution in [2.45, 2.75) is 25.5 Å². The molecule has 0 aromatic heterocycles. The summed E-state index contributed by atoms with van der Waals surface area (Å²) >= 11 is 3.34. The Labute approximate surface area is 185 Å². The molecule has 2 amide bonds. The predicted octanol–water partition coefficient (Wildman–Crippen LogP) is 3.59. The fraction of sp³-hybridized carbons (Fsp3) is 0.333. The van der Waals surface area contributed by atoms with E-state index in [-0.39, 0.29) is 23.5 Å². The van der Waals surface area contributed by atoms with Crippen LogP contribution in [0, 0.1) is 5.92 Å². The standard InChI is InChI=1S/C21H24BrN3O4S/c1-15(26)23-19-3-2-4-20(13-19)24-21(27)17-9-11-25(12-10-17)30(28,29)14-16-5-7-18(22)8-6-16/h2-8,13,17H,9-12,14H2,1H3,(H,23,26)(H,24,27). The van der Waals surface area contributed by atoms with Gasteiger partial charge in [-0.25, -0.2) is 12.7 Å². The van der Waals surface area contributed by atoms with E-state index in [1.54, 1.807) is 36.4 Å². The number of carbonyl (C=O) groups excluding carboxylic acids is 2. The average Bonchev–Trinajstić information content (AvgIpc) is 2.69. The van der Waals surface area contributed by atoms with Gasteiger partial charge in [0, 0.05) is 41.8 Å². The van der Waals surface area contributed by atoms with Crippen molar-refractivity contribution in [3.63, 3.8) is 0 Å². The lowest BCUT2D eigenvalue weighted by atomic mass is 9.97. The molecular weight excluding hydrogens is 470 g/mol. The third-order valence-corrected chi connectivity index (χ3v) is 7.31. The smallest absolute Gasteiger partial charge is 0.227 e. The van der Waals surface area contributed by atoms with Crippen LogP contribution >= 0.6 is 15.9 Å². The quantitative estimate of drug-likeness (QED) is 0.642. The molecule has 1 fully saturated rings. The second-order valence-corrected chi connectivity index (χ2v) is 10.2. The number of hydrogen-bond donors (Lipinski definition) is 2. The van der Waals surface area contributed by atoms with Crippen molar-refractivity contribution in [1.82, 2.24) is 4.31 Å². The average molecular weight is 494 g/mol. The summed E-state index contributed by atoms with van der Waals surface area (Å²) in [7, 11) is -3.43. The monoisotopic (exact) mass is 493 g/mol. The molecule has 0 radical (unpaired) electrons. The van der Waals surface area contributed by atoms with Crippen LogP contribution in [0.15, 0.2) is 53.0 Å². The highest BCUT2D eigenvalue weighted by Gasteiger charge is 2.31. The molecule has 1 aliphatic rings. The summed E-state index contributed by atoms with van der Waals surface area (Å²) in [5.41, 5.74) is 1.93. The van der Waals surface area contributed by atoms with Crippen molar-refractivity contribution in [3.05, 3.63) is 58.6 Å². The van der Waals surface area contributed by atoms with Crippen LogP contribution in [0.4, 0.5) is 11.4 Å². The minimum Gasteiger partial charge on any atom is -0.326 e. The Morgan fingerprint density at radius 2 is 1.63 bits per heavy atom. The van der Waals surface area contributed by atoms with E-state index >= 15 is 0 Å². The first kappa shape index (κ1) is 22.5. The number of hydrogen-bond acceptors (Lipinski definition) is 4. The normalized spacial score (nSPS) is 15.5. The van der Waals surface area contributed by atoms with Crippen molar-refractivity contribution >= 4 is 49.1 Å². The zero-order chi connectivity index (χ0) is 21.7. The summed E-state index contributed by atoms with van der Waals surface area (Å²) < 4.78 is 27.8. The fourth-order valence-electron chi connectivity index (χ4n) is 3.40. The van der Waals surface area contributed by atoms with E-state index in [4.69, 9.17) is 0 Å². The maximum Gasteiger partial charge on any atom is 0.227 e. The number of anilines is 2. The van der Waals surface area contributed by atoms with Gasteiger partial charge in [0.2, 0.25) is 21.8 Å². The molecule has 0 saturated carbocycles. The molecule has 0 bridgehead atoms. The van der Waals surface area contributed by atoms with Crippen LogP contribution in [-0.4, -0.2) is 37.6 Å². The van der Waals surface area contributed by atoms with Gasteiger partial charge in [-0.15, -0.1) is 0 Å². The van der Waals surface area contributed by atoms with Crippen LogP contribution in [0.2, 0.25) is 0 Å². The molecule has 30 heavy (non-hydrogen) atoms. The molecule has 1 saturated heterocycles. The Balaban J connectivity index is 1.55. The summed E-state index contributed by atoms with van der Waals surface area (Å²) in [4.78, 5) is 23.8. The highest BCUT2D eigenvalue weighted by Crippen LogP contribution is 2.24. The highest BCUT2D eigenvalue weighted by molar-refractivity contribution is 9.10. The number of carbonyl (C=O) groups is 2. The van der Waals surface area contributed by atoms with Gasteiger partial charge in [0.1, 0.15) is 0 Å². The van der Waals surface area contributed by atoms with Gasteiger partial charge < -0.3 is 10.6 Å². The Kier molecular flexibility index (Phi) is 7.27. The van der Waals surface area contributed by atoms with Gasteiger partial charge in [0.05, 0.1) is 5.75 Å². The van der Waals surface area contributed by atoms with Crippen LogP contribution in [0.25, 0.3) is 0 Å². The minimum atomic E-state index is -3.43. The predicted molar refractivity (Wildman–Crippen MR) is 120 cm³/mol. The van der Waals surface area contributed by atoms with E-state index in [0.29, 0.717) is 37.3 Å². The van der Waals surface area contributed by atoms with Crippen LogP contribution in [0.3, 0.4) is 0 Å². The Morgan fingerprint density at radius 1 is 1.03 bits per heavy atom. The van der Waals surface area contributed by atoms with E-state index in [1.807, 2.05) is 12.1 Å². The molecule has 2 aromatic carbocycles. The number of piperidine rings is 1. The second-order valence-electron chi connectivity index (χ2n) is 7.31. The number of rotatable bonds is 6. The number of sulfonamides is 1. The summed E-state index contributed by atoms with van der Waals surface area (Å²) in [6.07, 6.45) is 0.938. The largest absolute Gasteiger partial charge is 0.326 e. The number of amides is 2. The summed E-state index contributed by atoms with van der Waals surface area (Å²) in [6.45, 7) is 2.07. The molecule has 1 aliphatic heterocycles. The van der Waals surface area contributed by atoms with E-state index in [1.165, 1.54) is 11.2 Å². The van der Waals surface area contributed by atoms with E-state index < -0.39 is 10.0 Å². The molecule has 7 nitrogen and oxygen atoms in total. The summed E-state index contributed by atoms with van der Waals surface area (Å²) in [6, 6.07) is 14.2. The highest BCUT2D eigenvalue weighted by atomic mass is 79.9. The Bertz CT molecular complexity index is 1020. The van der Waals surface area contributed by atoms with Crippen molar-refractivity contribution in [1.29, 1.82) is 0 Å². The minimum absolute atomic E-state index is 0.0485. The molecule has 160 valence electrons. The lowest BCUT2D eigenvalue weighted by Gasteiger charge is -2.30. The molecule has 0 aliphatic carbocycles. The number of benzene rings is 2. The van der Waals surface area contributed by atoms with Gasteiger partial charge in [-0.1, -0.05) is 34.1 Å². The van der Waals surface area contributed by atoms with Gasteiger partial charge in [-0.3, -0.25) is 9.59 Å². The topological polar surface area (TPSA) is 95.6 Å². The molecular formula is C21H24BrN3O4S. The number of nitrogens with one attached hydrogen (secondary N) is 2. The van der Waals surface area contributed by atoms with Crippen molar-refractivity contribution in [2.24, 2.45) is 5.92 Å². The molecule has 3 rings (SSSR count). The molecule has 1 heterocycles. The third-order valence-electron chi connectivity index (χ3n) is 4.93. The molecule has 0 atom stereocenters. The van der Waals surface area contributed by atoms with E-state index in [2.05, 4.69) is 26.6 Å². The maximum atomic E-state index is 12.7. The first-order chi connectivity index (χ1) is 14.2. The molecule has 2 N–H and O–H groups in total. The first-order valence-electron chi connectivity index (χ1n) is 9.64. The zero-order valence-electron chi connectivity index (χ0n) is 16.6. The van der Waals surface area contributed by atoms with Gasteiger partial charge >= 0.3 is 0 Å². The van der Waals surface area contributed by atoms with Crippen LogP contribution in [-0.2, 0) is 25.4 Å². The van der Waals surface area contributed by atoms with Gasteiger partial charge in [0.25, 0.3) is 0 Å². The lowest BCUT2D eigenvalue weighted by molar-refractivity contribution is -0.121. The van der Waals surface area contributed by atoms with Gasteiger partial charge in [0.15, 0.2) is 0 Å². The van der Waals surface area contributed by atoms with Gasteiger partial charge in [-0.2, -0.15) is 0 Å². The number of nitrogens with zero attached hydrogens (tertiary/aromatic N) is 1. The summed E-state index contributed by atoms with van der Waals surface area (Å²) in [5, 5.41) is 5.54. The molecule has 0 unspecified atom stereocenters. The van der Waals surface area contributed by atoms with E-state index in [9.17, 15) is 18.0 Å². The zero-order valence-corrected chi connectivity index (χ0v) is 19.0. The van der Waals surface area contributed by atoms with Crippen LogP contribution in [0.1, 0.15) is 25.3 Å². The second kappa shape index (κ2) is 9.72. The first-order valence-corrected chi connectivity index (χ1v) is 12.0. The molecule has 2 aromatic rings. The van der Waals surface area contributed by atoms with E-state index in [0.717, 1.165) is 10.0 Å². The van der Waals surface area contributed by atoms with Crippen LogP contribution in [0.5, 0.6) is 0 Å². The van der Waals surface area contributed by atoms with Crippen molar-refractivity contribution < 1.29 is 18.0 Å². The van der Waals surface area contributed by atoms with Crippen molar-refractivity contribution in [2.75, 3.05) is 23.7 Å². The lowest BCUT2D eigenvalue weighted by Crippen LogP contribution is -2.41. The summed E-state index contributed by atoms with van der Waals surface area (Å²) in [5.74, 6) is -0.628.